The Morgan fingerprint density at radius 3 is 2.59 bits per heavy atom. The summed E-state index contributed by atoms with van der Waals surface area (Å²) in [5.41, 5.74) is 5.12. The van der Waals surface area contributed by atoms with E-state index in [1.807, 2.05) is 31.3 Å². The molecule has 2 aromatic rings. The Morgan fingerprint density at radius 1 is 1.04 bits per heavy atom. The van der Waals surface area contributed by atoms with E-state index in [0.29, 0.717) is 0 Å². The van der Waals surface area contributed by atoms with Crippen LogP contribution < -0.4 is 5.32 Å². The van der Waals surface area contributed by atoms with E-state index in [4.69, 9.17) is 0 Å². The van der Waals surface area contributed by atoms with Crippen LogP contribution in [0.4, 0.5) is 5.69 Å². The number of anilines is 1. The van der Waals surface area contributed by atoms with Crippen LogP contribution in [0.3, 0.4) is 0 Å². The van der Waals surface area contributed by atoms with Crippen LogP contribution in [0.5, 0.6) is 0 Å². The van der Waals surface area contributed by atoms with E-state index in [1.165, 1.54) is 5.56 Å². The minimum absolute atomic E-state index is 0.00354. The first-order chi connectivity index (χ1) is 13.2. The summed E-state index contributed by atoms with van der Waals surface area (Å²) in [5.74, 6) is 0.00354. The van der Waals surface area contributed by atoms with Crippen molar-refractivity contribution in [2.45, 2.75) is 6.92 Å². The Hall–Kier alpha value is -2.85. The number of aryl methyl sites for hydroxylation is 1. The first kappa shape index (κ1) is 17.6. The highest BCUT2D eigenvalue weighted by Gasteiger charge is 2.25. The zero-order valence-electron chi connectivity index (χ0n) is 15.7. The van der Waals surface area contributed by atoms with Crippen molar-refractivity contribution in [2.75, 3.05) is 38.0 Å². The summed E-state index contributed by atoms with van der Waals surface area (Å²) < 4.78 is 0. The molecule has 0 aromatic heterocycles. The number of hydrogen-bond acceptors (Lipinski definition) is 3. The highest BCUT2D eigenvalue weighted by Crippen LogP contribution is 2.32. The van der Waals surface area contributed by atoms with E-state index in [0.717, 1.165) is 55.1 Å². The summed E-state index contributed by atoms with van der Waals surface area (Å²) in [6.07, 6.45) is 6.44. The quantitative estimate of drug-likeness (QED) is 0.847. The molecule has 0 saturated carbocycles. The number of nitrogens with zero attached hydrogens (tertiary/aromatic N) is 2. The van der Waals surface area contributed by atoms with Gasteiger partial charge in [0.05, 0.1) is 5.57 Å². The van der Waals surface area contributed by atoms with Gasteiger partial charge in [0, 0.05) is 50.2 Å². The van der Waals surface area contributed by atoms with Crippen molar-refractivity contribution in [1.82, 2.24) is 9.80 Å². The second-order valence-corrected chi connectivity index (χ2v) is 7.20. The van der Waals surface area contributed by atoms with Crippen LogP contribution in [-0.2, 0) is 4.79 Å². The SMILES string of the molecule is Cc1ccc2c(c1)NC(=O)/C2=C/N1CCN(C/C=C/c2ccccc2)CC1. The first-order valence-electron chi connectivity index (χ1n) is 9.51. The third-order valence-corrected chi connectivity index (χ3v) is 5.15. The maximum absolute atomic E-state index is 12.3. The zero-order chi connectivity index (χ0) is 18.6. The minimum Gasteiger partial charge on any atom is -0.374 e. The average Bonchev–Trinajstić information content (AvgIpc) is 2.98. The van der Waals surface area contributed by atoms with Crippen molar-refractivity contribution in [3.63, 3.8) is 0 Å². The van der Waals surface area contributed by atoms with Crippen LogP contribution in [-0.4, -0.2) is 48.4 Å². The highest BCUT2D eigenvalue weighted by molar-refractivity contribution is 6.31. The smallest absolute Gasteiger partial charge is 0.257 e. The summed E-state index contributed by atoms with van der Waals surface area (Å²) in [6.45, 7) is 6.90. The molecule has 2 aliphatic rings. The molecule has 0 unspecified atom stereocenters. The Kier molecular flexibility index (Phi) is 5.07. The summed E-state index contributed by atoms with van der Waals surface area (Å²) in [4.78, 5) is 17.0. The van der Waals surface area contributed by atoms with Crippen LogP contribution in [0.1, 0.15) is 16.7 Å². The van der Waals surface area contributed by atoms with Gasteiger partial charge in [-0.05, 0) is 24.1 Å². The molecule has 4 rings (SSSR count). The standard InChI is InChI=1S/C23H25N3O/c1-18-9-10-20-21(23(27)24-22(20)16-18)17-26-14-12-25(13-15-26)11-5-8-19-6-3-2-4-7-19/h2-10,16-17H,11-15H2,1H3,(H,24,27)/b8-5+,21-17+. The molecule has 1 saturated heterocycles. The molecular weight excluding hydrogens is 334 g/mol. The molecule has 27 heavy (non-hydrogen) atoms. The molecule has 4 heteroatoms. The van der Waals surface area contributed by atoms with Gasteiger partial charge >= 0.3 is 0 Å². The van der Waals surface area contributed by atoms with Gasteiger partial charge in [0.25, 0.3) is 5.91 Å². The lowest BCUT2D eigenvalue weighted by Crippen LogP contribution is -2.44. The number of fused-ring (bicyclic) bond motifs is 1. The second kappa shape index (κ2) is 7.80. The number of nitrogens with one attached hydrogen (secondary N) is 1. The van der Waals surface area contributed by atoms with E-state index < -0.39 is 0 Å². The van der Waals surface area contributed by atoms with Crippen molar-refractivity contribution in [2.24, 2.45) is 0 Å². The summed E-state index contributed by atoms with van der Waals surface area (Å²) in [5, 5.41) is 2.98. The lowest BCUT2D eigenvalue weighted by molar-refractivity contribution is -0.110. The summed E-state index contributed by atoms with van der Waals surface area (Å²) in [6, 6.07) is 16.5. The molecule has 0 aliphatic carbocycles. The lowest BCUT2D eigenvalue weighted by atomic mass is 10.1. The van der Waals surface area contributed by atoms with Crippen LogP contribution >= 0.6 is 0 Å². The fraction of sp³-hybridized carbons (Fsp3) is 0.261. The van der Waals surface area contributed by atoms with Crippen LogP contribution in [0.25, 0.3) is 11.6 Å². The molecule has 2 aliphatic heterocycles. The van der Waals surface area contributed by atoms with Gasteiger partial charge < -0.3 is 10.2 Å². The van der Waals surface area contributed by atoms with Gasteiger partial charge in [-0.2, -0.15) is 0 Å². The normalized spacial score (nSPS) is 18.9. The van der Waals surface area contributed by atoms with E-state index in [2.05, 4.69) is 57.6 Å². The maximum Gasteiger partial charge on any atom is 0.257 e. The predicted molar refractivity (Wildman–Crippen MR) is 111 cm³/mol. The number of carbonyl (C=O) groups excluding carboxylic acids is 1. The fourth-order valence-electron chi connectivity index (χ4n) is 3.60. The van der Waals surface area contributed by atoms with Crippen molar-refractivity contribution < 1.29 is 4.79 Å². The molecule has 4 nitrogen and oxygen atoms in total. The van der Waals surface area contributed by atoms with Crippen molar-refractivity contribution in [3.05, 3.63) is 77.5 Å². The van der Waals surface area contributed by atoms with E-state index in [-0.39, 0.29) is 5.91 Å². The Morgan fingerprint density at radius 2 is 1.81 bits per heavy atom. The maximum atomic E-state index is 12.3. The summed E-state index contributed by atoms with van der Waals surface area (Å²) in [7, 11) is 0. The molecule has 0 radical (unpaired) electrons. The molecule has 1 N–H and O–H groups in total. The first-order valence-corrected chi connectivity index (χ1v) is 9.51. The van der Waals surface area contributed by atoms with Gasteiger partial charge in [0.15, 0.2) is 0 Å². The second-order valence-electron chi connectivity index (χ2n) is 7.20. The van der Waals surface area contributed by atoms with E-state index >= 15 is 0 Å². The number of amides is 1. The average molecular weight is 359 g/mol. The zero-order valence-corrected chi connectivity index (χ0v) is 15.7. The van der Waals surface area contributed by atoms with Gasteiger partial charge in [-0.3, -0.25) is 9.69 Å². The Bertz CT molecular complexity index is 878. The number of hydrogen-bond donors (Lipinski definition) is 1. The van der Waals surface area contributed by atoms with Crippen LogP contribution in [0, 0.1) is 6.92 Å². The molecule has 1 amide bonds. The van der Waals surface area contributed by atoms with Crippen LogP contribution in [0.15, 0.2) is 60.8 Å². The summed E-state index contributed by atoms with van der Waals surface area (Å²) >= 11 is 0. The number of piperazine rings is 1. The van der Waals surface area contributed by atoms with E-state index in [1.54, 1.807) is 0 Å². The Balaban J connectivity index is 1.34. The molecule has 138 valence electrons. The Labute approximate surface area is 160 Å². The van der Waals surface area contributed by atoms with Gasteiger partial charge in [0.1, 0.15) is 0 Å². The molecule has 2 heterocycles. The van der Waals surface area contributed by atoms with Gasteiger partial charge in [-0.1, -0.05) is 54.6 Å². The fourth-order valence-corrected chi connectivity index (χ4v) is 3.60. The lowest BCUT2D eigenvalue weighted by Gasteiger charge is -2.33. The minimum atomic E-state index is 0.00354. The topological polar surface area (TPSA) is 35.6 Å². The van der Waals surface area contributed by atoms with E-state index in [9.17, 15) is 4.79 Å². The van der Waals surface area contributed by atoms with Crippen LogP contribution in [0.2, 0.25) is 0 Å². The monoisotopic (exact) mass is 359 g/mol. The molecule has 2 aromatic carbocycles. The third-order valence-electron chi connectivity index (χ3n) is 5.15. The number of benzene rings is 2. The molecule has 0 spiro atoms. The largest absolute Gasteiger partial charge is 0.374 e. The van der Waals surface area contributed by atoms with Crippen molar-refractivity contribution in [3.8, 4) is 0 Å². The van der Waals surface area contributed by atoms with Gasteiger partial charge in [0.2, 0.25) is 0 Å². The van der Waals surface area contributed by atoms with Gasteiger partial charge in [-0.15, -0.1) is 0 Å². The van der Waals surface area contributed by atoms with Crippen molar-refractivity contribution in [1.29, 1.82) is 0 Å². The highest BCUT2D eigenvalue weighted by atomic mass is 16.2. The van der Waals surface area contributed by atoms with Crippen molar-refractivity contribution >= 4 is 23.2 Å². The molecular formula is C23H25N3O. The third kappa shape index (κ3) is 4.12. The molecule has 0 atom stereocenters. The predicted octanol–water partition coefficient (Wildman–Crippen LogP) is 3.62. The molecule has 0 bridgehead atoms. The molecule has 1 fully saturated rings. The van der Waals surface area contributed by atoms with Gasteiger partial charge in [-0.25, -0.2) is 0 Å². The number of rotatable bonds is 4. The number of carbonyl (C=O) groups is 1.